The van der Waals surface area contributed by atoms with Gasteiger partial charge in [0.05, 0.1) is 70.6 Å². The molecule has 44 atom stereocenters. The number of aliphatic hydroxyl groups excluding tert-OH is 24. The quantitative estimate of drug-likeness (QED) is 0.0300. The van der Waals surface area contributed by atoms with Crippen LogP contribution in [0.4, 0.5) is 5.69 Å². The van der Waals surface area contributed by atoms with E-state index in [4.69, 9.17) is 81.5 Å². The summed E-state index contributed by atoms with van der Waals surface area (Å²) in [6.45, 7) is -4.35. The molecule has 51 heteroatoms. The van der Waals surface area contributed by atoms with E-state index < -0.39 is 359 Å². The second-order valence-corrected chi connectivity index (χ2v) is 30.1. The molecule has 1 aromatic carbocycles. The molecular formula is C69H112N6O45. The average molecular weight is 1750 g/mol. The fraction of sp³-hybridized carbons (Fsp3) is 0.841. The van der Waals surface area contributed by atoms with Crippen molar-refractivity contribution in [3.8, 4) is 0 Å². The summed E-state index contributed by atoms with van der Waals surface area (Å²) in [5.41, 5.74) is 5.60. The number of hydrogen-bond donors (Lipinski definition) is 30. The summed E-state index contributed by atoms with van der Waals surface area (Å²) >= 11 is 0. The number of aliphatic hydroxyl groups is 24. The largest absolute Gasteiger partial charge is 0.394 e. The molecule has 0 bridgehead atoms. The highest BCUT2D eigenvalue weighted by molar-refractivity contribution is 5.98. The number of nitrogens with two attached hydrogens (primary N) is 1. The minimum Gasteiger partial charge on any atom is -0.394 e. The highest BCUT2D eigenvalue weighted by atomic mass is 16.8. The number of primary amides is 1. The van der Waals surface area contributed by atoms with Crippen LogP contribution in [0.1, 0.15) is 45.0 Å². The Morgan fingerprint density at radius 3 is 1.30 bits per heavy atom. The van der Waals surface area contributed by atoms with Gasteiger partial charge in [0.1, 0.15) is 207 Å². The first-order chi connectivity index (χ1) is 56.7. The molecule has 0 spiro atoms. The van der Waals surface area contributed by atoms with Crippen molar-refractivity contribution in [1.29, 1.82) is 0 Å². The van der Waals surface area contributed by atoms with Gasteiger partial charge in [0.2, 0.25) is 23.6 Å². The van der Waals surface area contributed by atoms with Gasteiger partial charge in [-0.05, 0) is 19.1 Å². The summed E-state index contributed by atoms with van der Waals surface area (Å²) < 4.78 is 95.5. The van der Waals surface area contributed by atoms with Crippen LogP contribution in [0.3, 0.4) is 0 Å². The molecule has 688 valence electrons. The van der Waals surface area contributed by atoms with Crippen molar-refractivity contribution in [3.63, 3.8) is 0 Å². The van der Waals surface area contributed by atoms with Gasteiger partial charge >= 0.3 is 0 Å². The van der Waals surface area contributed by atoms with Crippen LogP contribution in [0.5, 0.6) is 0 Å². The van der Waals surface area contributed by atoms with Crippen molar-refractivity contribution < 1.29 is 222 Å². The second kappa shape index (κ2) is 43.8. The van der Waals surface area contributed by atoms with Gasteiger partial charge in [-0.1, -0.05) is 12.1 Å². The molecule has 51 nitrogen and oxygen atoms in total. The Labute approximate surface area is 681 Å². The fourth-order valence-corrected chi connectivity index (χ4v) is 15.0. The number of amides is 5. The Hall–Kier alpha value is -5.23. The van der Waals surface area contributed by atoms with Crippen molar-refractivity contribution in [2.24, 2.45) is 5.73 Å². The van der Waals surface area contributed by atoms with E-state index >= 15 is 0 Å². The zero-order chi connectivity index (χ0) is 88.5. The van der Waals surface area contributed by atoms with Crippen LogP contribution in [0.2, 0.25) is 0 Å². The summed E-state index contributed by atoms with van der Waals surface area (Å²) in [5.74, 6) is -4.59. The SMILES string of the molecule is CC(=O)N[C@H]1[C@H](O[C@H](C(O)CO[C@@H]2O[C@@H](C)[C@@H](O)[C@@H](O)[C@@H]2O)[C@H](O)[C@@H](CNc2ccccc2C(N)=O)NC(C)=O)O[C@H](CO)[C@@H](O[C@@H]2O[C@H](CO[C@H]3O[C@H](CO)[C@@H](O)[C@H](O)[C@@H]3O[C@@H]3O[C@H](CO)[C@@H](O)[C@H](O)[C@H]3NC(C)=O)[C@@H](O)[C@H](O[C@H]3O[C@H](CO)[C@@H](O)[C@H](O)[C@@H]3O[C@@H]3O[C@H](CO)[C@@H](O[C@@H]4O[C@H](CO)[C@H](O)[C@H](O)[C@H]4O)[C@H](O)[C@H]3NC(C)=O)[C@@H]2O)[C@@H]1O. The number of ether oxygens (including phenoxy) is 16. The first kappa shape index (κ1) is 98.6. The molecule has 0 radical (unpaired) electrons. The van der Waals surface area contributed by atoms with Gasteiger partial charge in [-0.3, -0.25) is 24.0 Å². The van der Waals surface area contributed by atoms with Crippen molar-refractivity contribution in [1.82, 2.24) is 21.3 Å². The van der Waals surface area contributed by atoms with Crippen molar-refractivity contribution >= 4 is 35.2 Å². The van der Waals surface area contributed by atoms with Gasteiger partial charge in [0.15, 0.2) is 50.3 Å². The molecule has 5 amide bonds. The van der Waals surface area contributed by atoms with Gasteiger partial charge in [-0.15, -0.1) is 0 Å². The number of nitrogens with one attached hydrogen (secondary N) is 5. The molecule has 0 saturated carbocycles. The zero-order valence-electron chi connectivity index (χ0n) is 65.0. The molecule has 0 aliphatic carbocycles. The molecule has 0 aromatic heterocycles. The first-order valence-corrected chi connectivity index (χ1v) is 38.3. The molecule has 1 aromatic rings. The van der Waals surface area contributed by atoms with Crippen LogP contribution in [0.25, 0.3) is 0 Å². The number of carbonyl (C=O) groups is 5. The minimum atomic E-state index is -2.62. The first-order valence-electron chi connectivity index (χ1n) is 38.3. The van der Waals surface area contributed by atoms with Crippen LogP contribution < -0.4 is 32.3 Å². The molecule has 8 aliphatic rings. The topological polar surface area (TPSA) is 805 Å². The number of para-hydroxylation sites is 1. The van der Waals surface area contributed by atoms with E-state index in [2.05, 4.69) is 26.6 Å². The van der Waals surface area contributed by atoms with Crippen molar-refractivity contribution in [2.45, 2.75) is 304 Å². The van der Waals surface area contributed by atoms with E-state index in [-0.39, 0.29) is 11.3 Å². The molecule has 8 heterocycles. The van der Waals surface area contributed by atoms with Crippen LogP contribution in [-0.4, -0.2) is 481 Å². The number of benzene rings is 1. The molecule has 8 saturated heterocycles. The normalized spacial score (nSPS) is 43.6. The van der Waals surface area contributed by atoms with Crippen LogP contribution in [-0.2, 0) is 95.0 Å². The van der Waals surface area contributed by atoms with E-state index in [0.717, 1.165) is 27.7 Å². The van der Waals surface area contributed by atoms with Crippen LogP contribution in [0, 0.1) is 0 Å². The van der Waals surface area contributed by atoms with Gasteiger partial charge < -0.3 is 231 Å². The fourth-order valence-electron chi connectivity index (χ4n) is 15.0. The van der Waals surface area contributed by atoms with E-state index in [9.17, 15) is 147 Å². The average Bonchev–Trinajstić information content (AvgIpc) is 0.769. The van der Waals surface area contributed by atoms with Gasteiger partial charge in [-0.2, -0.15) is 0 Å². The van der Waals surface area contributed by atoms with Gasteiger partial charge in [-0.25, -0.2) is 0 Å². The maximum absolute atomic E-state index is 13.4. The lowest BCUT2D eigenvalue weighted by Crippen LogP contribution is -2.70. The standard InChI is InChI=1S/C69H112N6O45/c1-19-38(87)48(97)52(101)65(107-19)105-17-27(86)55(39(88)26(72-20(2)82)10-71-25-9-7-6-8-24(25)61(70)104)115-63-36(74-22(4)84)46(95)57(33(16-81)112-63)117-67-54(103)58(44(93)34(114-67)18-106-68-59(50(99)42(91)30(13-78)110-68)119-62-35(73-21(3)83)45(94)40(89)28(11-76)108-62)118-69-60(51(100)43(92)31(14-79)111-69)120-64-37(75-23(5)85)47(96)56(32(15-80)113-64)116-66-53(102)49(98)41(90)29(12-77)109-66/h6-9,19,26-60,62-69,71,76-81,86-103H,10-18H2,1-5H3,(H2,70,104)(H,72,82)(H,73,83)(H,74,84)(H,75,85)/t19-,26+,27?,28+,29+,30+,31+,32+,33+,34+,35+,36+,37+,38+,39+,40+,41-,42+,43+,44+,45+,46+,47+,48+,49-,50-,51-,52-,53+,54-,55+,56+,57+,58-,59-,60-,62-,63-,64-,65+,66-,67-,68-,69+/m0/s1. The summed E-state index contributed by atoms with van der Waals surface area (Å²) in [5, 5.41) is 282. The Balaban J connectivity index is 1.08. The molecule has 9 rings (SSSR count). The number of carbonyl (C=O) groups excluding carboxylic acids is 5. The molecule has 8 fully saturated rings. The minimum absolute atomic E-state index is 0.0621. The second-order valence-electron chi connectivity index (χ2n) is 30.1. The smallest absolute Gasteiger partial charge is 0.250 e. The maximum atomic E-state index is 13.4. The Bertz CT molecular complexity index is 3420. The number of rotatable bonds is 35. The third kappa shape index (κ3) is 22.8. The van der Waals surface area contributed by atoms with Gasteiger partial charge in [0, 0.05) is 39.9 Å². The highest BCUT2D eigenvalue weighted by Gasteiger charge is 2.60. The van der Waals surface area contributed by atoms with E-state index in [1.807, 2.05) is 0 Å². The Morgan fingerprint density at radius 2 is 0.792 bits per heavy atom. The van der Waals surface area contributed by atoms with Gasteiger partial charge in [0.25, 0.3) is 5.91 Å². The molecule has 31 N–H and O–H groups in total. The lowest BCUT2D eigenvalue weighted by Gasteiger charge is -2.51. The van der Waals surface area contributed by atoms with E-state index in [0.29, 0.717) is 0 Å². The summed E-state index contributed by atoms with van der Waals surface area (Å²) in [7, 11) is 0. The third-order valence-corrected chi connectivity index (χ3v) is 21.5. The predicted octanol–water partition coefficient (Wildman–Crippen LogP) is -18.2. The molecule has 8 aliphatic heterocycles. The maximum Gasteiger partial charge on any atom is 0.250 e. The molecule has 1 unspecified atom stereocenters. The van der Waals surface area contributed by atoms with E-state index in [1.165, 1.54) is 31.2 Å². The lowest BCUT2D eigenvalue weighted by atomic mass is 9.94. The zero-order valence-corrected chi connectivity index (χ0v) is 65.0. The van der Waals surface area contributed by atoms with E-state index in [1.54, 1.807) is 0 Å². The summed E-state index contributed by atoms with van der Waals surface area (Å²) in [6, 6.07) is -1.74. The highest BCUT2D eigenvalue weighted by Crippen LogP contribution is 2.39. The van der Waals surface area contributed by atoms with Crippen molar-refractivity contribution in [3.05, 3.63) is 29.8 Å². The summed E-state index contributed by atoms with van der Waals surface area (Å²) in [6.07, 6.45) is -83.7. The monoisotopic (exact) mass is 1740 g/mol. The number of anilines is 1. The summed E-state index contributed by atoms with van der Waals surface area (Å²) in [4.78, 5) is 64.3. The van der Waals surface area contributed by atoms with Crippen molar-refractivity contribution in [2.75, 3.05) is 64.7 Å². The molecular weight excluding hydrogens is 1630 g/mol. The third-order valence-electron chi connectivity index (χ3n) is 21.5. The lowest BCUT2D eigenvalue weighted by molar-refractivity contribution is -0.398. The van der Waals surface area contributed by atoms with Crippen LogP contribution in [0.15, 0.2) is 24.3 Å². The number of hydrogen-bond acceptors (Lipinski definition) is 46. The Morgan fingerprint density at radius 1 is 0.392 bits per heavy atom. The Kier molecular flexibility index (Phi) is 36.0. The van der Waals surface area contributed by atoms with Crippen LogP contribution >= 0.6 is 0 Å². The predicted molar refractivity (Wildman–Crippen MR) is 381 cm³/mol. The molecule has 120 heavy (non-hydrogen) atoms.